The van der Waals surface area contributed by atoms with E-state index in [0.717, 1.165) is 0 Å². The highest BCUT2D eigenvalue weighted by Crippen LogP contribution is 2.20. The van der Waals surface area contributed by atoms with E-state index >= 15 is 0 Å². The second kappa shape index (κ2) is 6.09. The molecule has 1 aromatic heterocycles. The molecule has 0 radical (unpaired) electrons. The fourth-order valence-corrected chi connectivity index (χ4v) is 2.45. The second-order valence-corrected chi connectivity index (χ2v) is 5.44. The zero-order valence-electron chi connectivity index (χ0n) is 11.1. The molecule has 0 saturated carbocycles. The van der Waals surface area contributed by atoms with Gasteiger partial charge in [-0.2, -0.15) is 0 Å². The maximum absolute atomic E-state index is 12.7. The molecule has 0 atom stereocenters. The van der Waals surface area contributed by atoms with Crippen molar-refractivity contribution >= 4 is 17.2 Å². The molecular weight excluding hydrogens is 295 g/mol. The van der Waals surface area contributed by atoms with E-state index < -0.39 is 0 Å². The number of carbonyl (C=O) groups excluding carboxylic acids is 1. The van der Waals surface area contributed by atoms with Crippen LogP contribution in [0.4, 0.5) is 4.39 Å². The van der Waals surface area contributed by atoms with Gasteiger partial charge in [-0.1, -0.05) is 11.3 Å². The Morgan fingerprint density at radius 2 is 2.14 bits per heavy atom. The lowest BCUT2D eigenvalue weighted by atomic mass is 10.1. The maximum atomic E-state index is 12.7. The van der Waals surface area contributed by atoms with E-state index in [1.807, 2.05) is 5.38 Å². The van der Waals surface area contributed by atoms with Crippen molar-refractivity contribution in [2.45, 2.75) is 6.10 Å². The summed E-state index contributed by atoms with van der Waals surface area (Å²) in [5.74, 6) is 0.0257. The first-order valence-corrected chi connectivity index (χ1v) is 7.31. The van der Waals surface area contributed by atoms with Crippen LogP contribution in [0.3, 0.4) is 0 Å². The minimum Gasteiger partial charge on any atom is -0.484 e. The number of ether oxygens (including phenoxy) is 2. The molecule has 0 unspecified atom stereocenters. The molecule has 110 valence electrons. The molecule has 1 amide bonds. The topological polar surface area (TPSA) is 51.7 Å². The number of hydrogen-bond donors (Lipinski definition) is 0. The molecule has 2 heterocycles. The fourth-order valence-electron chi connectivity index (χ4n) is 1.89. The number of benzene rings is 1. The van der Waals surface area contributed by atoms with Gasteiger partial charge in [0.1, 0.15) is 17.7 Å². The average molecular weight is 308 g/mol. The number of nitrogens with zero attached hydrogens (tertiary/aromatic N) is 2. The molecule has 5 nitrogen and oxygen atoms in total. The highest BCUT2D eigenvalue weighted by molar-refractivity contribution is 7.11. The number of thiazole rings is 1. The summed E-state index contributed by atoms with van der Waals surface area (Å²) in [4.78, 5) is 17.6. The van der Waals surface area contributed by atoms with E-state index in [9.17, 15) is 9.18 Å². The molecule has 1 aromatic carbocycles. The number of carbonyl (C=O) groups is 1. The average Bonchev–Trinajstić information content (AvgIpc) is 2.94. The van der Waals surface area contributed by atoms with Crippen molar-refractivity contribution in [3.63, 3.8) is 0 Å². The number of aromatic nitrogens is 1. The normalized spacial score (nSPS) is 14.6. The molecule has 0 aliphatic carbocycles. The summed E-state index contributed by atoms with van der Waals surface area (Å²) in [7, 11) is 0. The monoisotopic (exact) mass is 308 g/mol. The Morgan fingerprint density at radius 3 is 2.81 bits per heavy atom. The first kappa shape index (κ1) is 13.8. The maximum Gasteiger partial charge on any atom is 0.273 e. The van der Waals surface area contributed by atoms with Gasteiger partial charge in [-0.05, 0) is 24.3 Å². The molecule has 1 aliphatic heterocycles. The Balaban J connectivity index is 1.40. The standard InChI is InChI=1S/C14H13FN2O3S/c15-10-1-3-11(4-2-10)19-9-13(18)17-7-12(8-17)20-14-16-5-6-21-14/h1-6,12H,7-9H2. The van der Waals surface area contributed by atoms with Gasteiger partial charge < -0.3 is 14.4 Å². The summed E-state index contributed by atoms with van der Waals surface area (Å²) < 4.78 is 23.6. The zero-order chi connectivity index (χ0) is 14.7. The second-order valence-electron chi connectivity index (χ2n) is 4.58. The van der Waals surface area contributed by atoms with Crippen LogP contribution in [-0.2, 0) is 4.79 Å². The molecule has 1 saturated heterocycles. The van der Waals surface area contributed by atoms with Gasteiger partial charge in [0, 0.05) is 11.6 Å². The minimum absolute atomic E-state index is 0.00841. The van der Waals surface area contributed by atoms with Gasteiger partial charge in [-0.3, -0.25) is 4.79 Å². The third-order valence-electron chi connectivity index (χ3n) is 3.05. The van der Waals surface area contributed by atoms with Gasteiger partial charge in [0.2, 0.25) is 0 Å². The first-order chi connectivity index (χ1) is 10.2. The number of halogens is 1. The van der Waals surface area contributed by atoms with Crippen LogP contribution in [0.25, 0.3) is 0 Å². The van der Waals surface area contributed by atoms with E-state index in [0.29, 0.717) is 24.0 Å². The minimum atomic E-state index is -0.335. The Labute approximate surface area is 124 Å². The number of rotatable bonds is 5. The van der Waals surface area contributed by atoms with E-state index in [-0.39, 0.29) is 24.4 Å². The number of likely N-dealkylation sites (tertiary alicyclic amines) is 1. The van der Waals surface area contributed by atoms with Gasteiger partial charge >= 0.3 is 0 Å². The van der Waals surface area contributed by atoms with Crippen LogP contribution in [-0.4, -0.2) is 41.6 Å². The van der Waals surface area contributed by atoms with Crippen LogP contribution in [0.15, 0.2) is 35.8 Å². The lowest BCUT2D eigenvalue weighted by molar-refractivity contribution is -0.142. The van der Waals surface area contributed by atoms with Crippen molar-refractivity contribution in [2.24, 2.45) is 0 Å². The highest BCUT2D eigenvalue weighted by Gasteiger charge is 2.32. The lowest BCUT2D eigenvalue weighted by Crippen LogP contribution is -2.57. The summed E-state index contributed by atoms with van der Waals surface area (Å²) in [6.45, 7) is 1.01. The van der Waals surface area contributed by atoms with Gasteiger partial charge in [-0.15, -0.1) is 0 Å². The molecular formula is C14H13FN2O3S. The van der Waals surface area contributed by atoms with Gasteiger partial charge in [0.15, 0.2) is 6.61 Å². The highest BCUT2D eigenvalue weighted by atomic mass is 32.1. The largest absolute Gasteiger partial charge is 0.484 e. The Hall–Kier alpha value is -2.15. The first-order valence-electron chi connectivity index (χ1n) is 6.43. The predicted octanol–water partition coefficient (Wildman–Crippen LogP) is 1.95. The molecule has 3 rings (SSSR count). The number of hydrogen-bond acceptors (Lipinski definition) is 5. The quantitative estimate of drug-likeness (QED) is 0.847. The van der Waals surface area contributed by atoms with Crippen molar-refractivity contribution < 1.29 is 18.7 Å². The van der Waals surface area contributed by atoms with Crippen molar-refractivity contribution in [3.05, 3.63) is 41.7 Å². The number of amides is 1. The van der Waals surface area contributed by atoms with Crippen LogP contribution in [0, 0.1) is 5.82 Å². The van der Waals surface area contributed by atoms with Crippen LogP contribution in [0.2, 0.25) is 0 Å². The third kappa shape index (κ3) is 3.49. The van der Waals surface area contributed by atoms with Crippen LogP contribution in [0.1, 0.15) is 0 Å². The molecule has 0 N–H and O–H groups in total. The molecule has 21 heavy (non-hydrogen) atoms. The lowest BCUT2D eigenvalue weighted by Gasteiger charge is -2.38. The SMILES string of the molecule is O=C(COc1ccc(F)cc1)N1CC(Oc2nccs2)C1. The van der Waals surface area contributed by atoms with Crippen molar-refractivity contribution in [1.82, 2.24) is 9.88 Å². The molecule has 1 aliphatic rings. The van der Waals surface area contributed by atoms with Crippen LogP contribution >= 0.6 is 11.3 Å². The summed E-state index contributed by atoms with van der Waals surface area (Å²) in [6, 6.07) is 5.57. The molecule has 7 heteroatoms. The predicted molar refractivity (Wildman–Crippen MR) is 75.0 cm³/mol. The van der Waals surface area contributed by atoms with Gasteiger partial charge in [-0.25, -0.2) is 9.37 Å². The summed E-state index contributed by atoms with van der Waals surface area (Å²) in [5, 5.41) is 2.46. The van der Waals surface area contributed by atoms with Crippen LogP contribution < -0.4 is 9.47 Å². The van der Waals surface area contributed by atoms with Gasteiger partial charge in [0.05, 0.1) is 13.1 Å². The van der Waals surface area contributed by atoms with E-state index in [1.165, 1.54) is 35.6 Å². The molecule has 1 fully saturated rings. The smallest absolute Gasteiger partial charge is 0.273 e. The van der Waals surface area contributed by atoms with Crippen molar-refractivity contribution in [3.8, 4) is 10.9 Å². The van der Waals surface area contributed by atoms with Crippen LogP contribution in [0.5, 0.6) is 10.9 Å². The van der Waals surface area contributed by atoms with E-state index in [1.54, 1.807) is 11.1 Å². The van der Waals surface area contributed by atoms with Crippen molar-refractivity contribution in [2.75, 3.05) is 19.7 Å². The van der Waals surface area contributed by atoms with E-state index in [4.69, 9.17) is 9.47 Å². The summed E-state index contributed by atoms with van der Waals surface area (Å²) in [6.07, 6.45) is 1.67. The van der Waals surface area contributed by atoms with E-state index in [2.05, 4.69) is 4.98 Å². The summed E-state index contributed by atoms with van der Waals surface area (Å²) in [5.41, 5.74) is 0. The fraction of sp³-hybridized carbons (Fsp3) is 0.286. The molecule has 0 spiro atoms. The Morgan fingerprint density at radius 1 is 1.38 bits per heavy atom. The Kier molecular flexibility index (Phi) is 4.01. The summed E-state index contributed by atoms with van der Waals surface area (Å²) >= 11 is 1.43. The zero-order valence-corrected chi connectivity index (χ0v) is 11.9. The molecule has 2 aromatic rings. The van der Waals surface area contributed by atoms with Crippen molar-refractivity contribution in [1.29, 1.82) is 0 Å². The third-order valence-corrected chi connectivity index (χ3v) is 3.71. The molecule has 0 bridgehead atoms. The van der Waals surface area contributed by atoms with Gasteiger partial charge in [0.25, 0.3) is 11.1 Å². The Bertz CT molecular complexity index is 597.